The maximum atomic E-state index is 11.4. The molecule has 2 aromatic carbocycles. The fourth-order valence-corrected chi connectivity index (χ4v) is 3.13. The number of hydrogen-bond acceptors (Lipinski definition) is 4. The Hall–Kier alpha value is -3.16. The Balaban J connectivity index is 2.02. The number of nitrogens with one attached hydrogen (secondary N) is 3. The smallest absolute Gasteiger partial charge is 0.404 e. The van der Waals surface area contributed by atoms with Crippen LogP contribution in [-0.4, -0.2) is 40.9 Å². The first-order valence-corrected chi connectivity index (χ1v) is 9.74. The van der Waals surface area contributed by atoms with Crippen LogP contribution in [0.3, 0.4) is 0 Å². The van der Waals surface area contributed by atoms with Crippen LogP contribution >= 0.6 is 0 Å². The van der Waals surface area contributed by atoms with Gasteiger partial charge in [0.15, 0.2) is 0 Å². The molecular formula is C23H29N3O4. The van der Waals surface area contributed by atoms with E-state index in [1.165, 1.54) is 6.92 Å². The lowest BCUT2D eigenvalue weighted by Crippen LogP contribution is -2.48. The first-order chi connectivity index (χ1) is 14.2. The lowest BCUT2D eigenvalue weighted by molar-refractivity contribution is -0.114. The van der Waals surface area contributed by atoms with Gasteiger partial charge in [0, 0.05) is 25.7 Å². The molecule has 7 heteroatoms. The minimum Gasteiger partial charge on any atom is -0.465 e. The van der Waals surface area contributed by atoms with Gasteiger partial charge in [-0.15, -0.1) is 0 Å². The topological polar surface area (TPSA) is 111 Å². The van der Waals surface area contributed by atoms with Crippen molar-refractivity contribution in [2.75, 3.05) is 11.9 Å². The van der Waals surface area contributed by atoms with Crippen molar-refractivity contribution >= 4 is 23.3 Å². The Morgan fingerprint density at radius 1 is 1.07 bits per heavy atom. The molecule has 0 heterocycles. The van der Waals surface area contributed by atoms with E-state index in [0.29, 0.717) is 18.7 Å². The summed E-state index contributed by atoms with van der Waals surface area (Å²) in [5.41, 5.74) is 4.31. The van der Waals surface area contributed by atoms with Gasteiger partial charge in [-0.1, -0.05) is 48.6 Å². The molecule has 2 atom stereocenters. The number of amides is 2. The van der Waals surface area contributed by atoms with Gasteiger partial charge in [-0.3, -0.25) is 4.79 Å². The monoisotopic (exact) mass is 411 g/mol. The Morgan fingerprint density at radius 3 is 2.37 bits per heavy atom. The summed E-state index contributed by atoms with van der Waals surface area (Å²) in [7, 11) is 0. The Kier molecular flexibility index (Phi) is 8.58. The zero-order valence-electron chi connectivity index (χ0n) is 17.3. The molecule has 30 heavy (non-hydrogen) atoms. The molecule has 0 aliphatic carbocycles. The quantitative estimate of drug-likeness (QED) is 0.413. The number of rotatable bonds is 10. The van der Waals surface area contributed by atoms with Crippen molar-refractivity contribution in [1.82, 2.24) is 10.6 Å². The van der Waals surface area contributed by atoms with Gasteiger partial charge in [-0.25, -0.2) is 4.79 Å². The third-order valence-electron chi connectivity index (χ3n) is 4.56. The maximum absolute atomic E-state index is 11.4. The summed E-state index contributed by atoms with van der Waals surface area (Å²) in [6.45, 7) is 7.93. The van der Waals surface area contributed by atoms with Crippen molar-refractivity contribution in [3.8, 4) is 0 Å². The van der Waals surface area contributed by atoms with Gasteiger partial charge in [0.05, 0.1) is 12.1 Å². The molecule has 7 nitrogen and oxygen atoms in total. The Bertz CT molecular complexity index is 883. The van der Waals surface area contributed by atoms with Crippen LogP contribution in [0, 0.1) is 0 Å². The molecule has 0 saturated carbocycles. The highest BCUT2D eigenvalue weighted by atomic mass is 16.4. The molecule has 160 valence electrons. The van der Waals surface area contributed by atoms with Crippen LogP contribution in [0.1, 0.15) is 30.5 Å². The fourth-order valence-electron chi connectivity index (χ4n) is 3.13. The van der Waals surface area contributed by atoms with Crippen LogP contribution in [0.4, 0.5) is 10.5 Å². The number of carbonyl (C=O) groups excluding carboxylic acids is 1. The van der Waals surface area contributed by atoms with Crippen LogP contribution in [-0.2, 0) is 17.8 Å². The van der Waals surface area contributed by atoms with Crippen molar-refractivity contribution in [2.45, 2.75) is 39.0 Å². The minimum absolute atomic E-state index is 0.160. The second-order valence-corrected chi connectivity index (χ2v) is 7.32. The van der Waals surface area contributed by atoms with E-state index in [1.807, 2.05) is 55.5 Å². The van der Waals surface area contributed by atoms with Crippen LogP contribution in [0.25, 0.3) is 5.57 Å². The summed E-state index contributed by atoms with van der Waals surface area (Å²) in [6.07, 6.45) is -1.71. The van der Waals surface area contributed by atoms with E-state index in [-0.39, 0.29) is 12.5 Å². The fraction of sp³-hybridized carbons (Fsp3) is 0.304. The van der Waals surface area contributed by atoms with Crippen molar-refractivity contribution in [2.24, 2.45) is 0 Å². The number of aliphatic hydroxyl groups is 1. The summed E-state index contributed by atoms with van der Waals surface area (Å²) < 4.78 is 0. The lowest BCUT2D eigenvalue weighted by Gasteiger charge is -2.23. The standard InChI is InChI=1S/C23H29N3O4/c1-15(2)19-9-18(10-20(12-19)25-16(3)27)13-24-14-22(28)21(26-23(29)30)11-17-7-5-4-6-8-17/h4-10,12,21-22,24,26,28H,1,11,13-14H2,2-3H3,(H,25,27)(H,29,30)/t21?,22-/m1/s1. The van der Waals surface area contributed by atoms with Crippen LogP contribution in [0.15, 0.2) is 55.1 Å². The second-order valence-electron chi connectivity index (χ2n) is 7.32. The number of carboxylic acid groups (broad SMARTS) is 1. The zero-order chi connectivity index (χ0) is 22.1. The number of aliphatic hydroxyl groups excluding tert-OH is 1. The van der Waals surface area contributed by atoms with Gasteiger partial charge in [0.1, 0.15) is 0 Å². The molecule has 0 aromatic heterocycles. The van der Waals surface area contributed by atoms with Crippen LogP contribution in [0.2, 0.25) is 0 Å². The van der Waals surface area contributed by atoms with E-state index >= 15 is 0 Å². The predicted molar refractivity (Wildman–Crippen MR) is 118 cm³/mol. The number of carbonyl (C=O) groups is 2. The molecule has 0 aliphatic rings. The summed E-state index contributed by atoms with van der Waals surface area (Å²) in [6, 6.07) is 14.4. The Labute approximate surface area is 176 Å². The first kappa shape index (κ1) is 23.1. The normalized spacial score (nSPS) is 12.6. The number of anilines is 1. The summed E-state index contributed by atoms with van der Waals surface area (Å²) >= 11 is 0. The van der Waals surface area contributed by atoms with Crippen molar-refractivity contribution < 1.29 is 19.8 Å². The molecule has 0 saturated heterocycles. The van der Waals surface area contributed by atoms with E-state index < -0.39 is 18.2 Å². The molecule has 2 rings (SSSR count). The number of allylic oxidation sites excluding steroid dienone is 1. The highest BCUT2D eigenvalue weighted by Gasteiger charge is 2.21. The van der Waals surface area contributed by atoms with Gasteiger partial charge in [0.2, 0.25) is 5.91 Å². The number of hydrogen-bond donors (Lipinski definition) is 5. The molecule has 5 N–H and O–H groups in total. The maximum Gasteiger partial charge on any atom is 0.404 e. The van der Waals surface area contributed by atoms with Gasteiger partial charge >= 0.3 is 6.09 Å². The van der Waals surface area contributed by atoms with E-state index in [4.69, 9.17) is 5.11 Å². The molecule has 2 aromatic rings. The first-order valence-electron chi connectivity index (χ1n) is 9.74. The molecule has 1 unspecified atom stereocenters. The van der Waals surface area contributed by atoms with E-state index in [2.05, 4.69) is 22.5 Å². The van der Waals surface area contributed by atoms with Gasteiger partial charge in [0.25, 0.3) is 0 Å². The number of benzene rings is 2. The largest absolute Gasteiger partial charge is 0.465 e. The molecular weight excluding hydrogens is 382 g/mol. The van der Waals surface area contributed by atoms with Gasteiger partial charge in [-0.05, 0) is 42.2 Å². The highest BCUT2D eigenvalue weighted by Crippen LogP contribution is 2.20. The average Bonchev–Trinajstić information content (AvgIpc) is 2.67. The second kappa shape index (κ2) is 11.1. The van der Waals surface area contributed by atoms with Gasteiger partial charge < -0.3 is 26.2 Å². The summed E-state index contributed by atoms with van der Waals surface area (Å²) in [5, 5.41) is 28.0. The molecule has 2 amide bonds. The molecule has 0 fully saturated rings. The van der Waals surface area contributed by atoms with Gasteiger partial charge in [-0.2, -0.15) is 0 Å². The zero-order valence-corrected chi connectivity index (χ0v) is 17.3. The molecule has 0 radical (unpaired) electrons. The summed E-state index contributed by atoms with van der Waals surface area (Å²) in [4.78, 5) is 22.5. The van der Waals surface area contributed by atoms with Crippen molar-refractivity contribution in [3.63, 3.8) is 0 Å². The molecule has 0 bridgehead atoms. The third kappa shape index (κ3) is 7.69. The predicted octanol–water partition coefficient (Wildman–Crippen LogP) is 3.01. The summed E-state index contributed by atoms with van der Waals surface area (Å²) in [5.74, 6) is -0.160. The average molecular weight is 412 g/mol. The van der Waals surface area contributed by atoms with Crippen molar-refractivity contribution in [3.05, 3.63) is 71.8 Å². The third-order valence-corrected chi connectivity index (χ3v) is 4.56. The van der Waals surface area contributed by atoms with E-state index in [9.17, 15) is 14.7 Å². The van der Waals surface area contributed by atoms with Crippen molar-refractivity contribution in [1.29, 1.82) is 0 Å². The van der Waals surface area contributed by atoms with Crippen LogP contribution < -0.4 is 16.0 Å². The molecule has 0 aliphatic heterocycles. The van der Waals surface area contributed by atoms with E-state index in [0.717, 1.165) is 22.3 Å². The minimum atomic E-state index is -1.18. The Morgan fingerprint density at radius 2 is 1.77 bits per heavy atom. The molecule has 0 spiro atoms. The SMILES string of the molecule is C=C(C)c1cc(CNC[C@@H](O)C(Cc2ccccc2)NC(=O)O)cc(NC(C)=O)c1. The lowest BCUT2D eigenvalue weighted by atomic mass is 10.0. The van der Waals surface area contributed by atoms with Crippen LogP contribution in [0.5, 0.6) is 0 Å². The van der Waals surface area contributed by atoms with E-state index in [1.54, 1.807) is 0 Å². The highest BCUT2D eigenvalue weighted by molar-refractivity contribution is 5.89.